The fraction of sp³-hybridized carbons (Fsp3) is 0.417. The van der Waals surface area contributed by atoms with Crippen molar-refractivity contribution in [1.82, 2.24) is 4.90 Å². The number of alkyl halides is 1. The highest BCUT2D eigenvalue weighted by atomic mass is 127. The molecule has 1 aromatic rings. The Morgan fingerprint density at radius 1 is 1.53 bits per heavy atom. The molecule has 0 aliphatic heterocycles. The Bertz CT molecular complexity index is 437. The Morgan fingerprint density at radius 3 is 2.76 bits per heavy atom. The number of carbonyl (C=O) groups is 1. The Balaban J connectivity index is 2.22. The van der Waals surface area contributed by atoms with E-state index >= 15 is 0 Å². The van der Waals surface area contributed by atoms with Gasteiger partial charge in [-0.2, -0.15) is 0 Å². The van der Waals surface area contributed by atoms with Crippen molar-refractivity contribution in [1.29, 1.82) is 0 Å². The number of carbonyl (C=O) groups excluding carboxylic acids is 1. The second-order valence-electron chi connectivity index (χ2n) is 4.04. The highest BCUT2D eigenvalue weighted by Gasteiger charge is 2.33. The van der Waals surface area contributed by atoms with Gasteiger partial charge in [-0.3, -0.25) is 4.79 Å². The lowest BCUT2D eigenvalue weighted by Gasteiger charge is -2.21. The van der Waals surface area contributed by atoms with Crippen molar-refractivity contribution >= 4 is 40.1 Å². The first-order chi connectivity index (χ1) is 8.13. The molecule has 0 atom stereocenters. The predicted molar refractivity (Wildman–Crippen MR) is 73.9 cm³/mol. The smallest absolute Gasteiger partial charge is 0.255 e. The molecule has 1 amide bonds. The van der Waals surface area contributed by atoms with E-state index in [2.05, 4.69) is 0 Å². The number of hydrogen-bond donors (Lipinski definition) is 0. The van der Waals surface area contributed by atoms with Gasteiger partial charge in [-0.25, -0.2) is 4.39 Å². The monoisotopic (exact) mass is 367 g/mol. The van der Waals surface area contributed by atoms with Crippen LogP contribution in [0.2, 0.25) is 0 Å². The molecule has 0 aromatic heterocycles. The lowest BCUT2D eigenvalue weighted by atomic mass is 10.2. The van der Waals surface area contributed by atoms with Crippen molar-refractivity contribution in [2.24, 2.45) is 0 Å². The molecule has 0 radical (unpaired) electrons. The molecule has 0 bridgehead atoms. The SMILES string of the molecule is O=C(c1ccc(F)cc1I)N(CCCl)C1CC1. The maximum atomic E-state index is 13.0. The van der Waals surface area contributed by atoms with Gasteiger partial charge in [0.1, 0.15) is 5.82 Å². The number of hydrogen-bond acceptors (Lipinski definition) is 1. The second kappa shape index (κ2) is 5.52. The molecule has 0 N–H and O–H groups in total. The zero-order chi connectivity index (χ0) is 12.4. The van der Waals surface area contributed by atoms with Gasteiger partial charge >= 0.3 is 0 Å². The van der Waals surface area contributed by atoms with E-state index in [1.807, 2.05) is 22.6 Å². The first-order valence-electron chi connectivity index (χ1n) is 5.45. The van der Waals surface area contributed by atoms with Crippen LogP contribution in [0.5, 0.6) is 0 Å². The maximum Gasteiger partial charge on any atom is 0.255 e. The number of rotatable bonds is 4. The third-order valence-corrected chi connectivity index (χ3v) is 3.80. The van der Waals surface area contributed by atoms with E-state index in [-0.39, 0.29) is 11.7 Å². The molecule has 1 saturated carbocycles. The Labute approximate surface area is 118 Å². The molecule has 0 unspecified atom stereocenters. The molecule has 0 spiro atoms. The average Bonchev–Trinajstić information content (AvgIpc) is 3.09. The van der Waals surface area contributed by atoms with Crippen LogP contribution in [0, 0.1) is 9.39 Å². The van der Waals surface area contributed by atoms with E-state index in [1.165, 1.54) is 12.1 Å². The molecule has 92 valence electrons. The van der Waals surface area contributed by atoms with Crippen molar-refractivity contribution in [2.45, 2.75) is 18.9 Å². The van der Waals surface area contributed by atoms with E-state index in [9.17, 15) is 9.18 Å². The van der Waals surface area contributed by atoms with E-state index in [1.54, 1.807) is 11.0 Å². The van der Waals surface area contributed by atoms with E-state index in [4.69, 9.17) is 11.6 Å². The molecule has 1 aromatic carbocycles. The van der Waals surface area contributed by atoms with Crippen LogP contribution in [0.4, 0.5) is 4.39 Å². The molecule has 1 aliphatic carbocycles. The van der Waals surface area contributed by atoms with Crippen LogP contribution in [0.1, 0.15) is 23.2 Å². The van der Waals surface area contributed by atoms with Gasteiger partial charge in [-0.05, 0) is 53.6 Å². The van der Waals surface area contributed by atoms with Gasteiger partial charge in [0.15, 0.2) is 0 Å². The highest BCUT2D eigenvalue weighted by molar-refractivity contribution is 14.1. The summed E-state index contributed by atoms with van der Waals surface area (Å²) in [6.07, 6.45) is 2.08. The Kier molecular flexibility index (Phi) is 4.25. The van der Waals surface area contributed by atoms with Crippen LogP contribution in [-0.2, 0) is 0 Å². The minimum atomic E-state index is -0.318. The molecule has 0 heterocycles. The molecule has 2 nitrogen and oxygen atoms in total. The Morgan fingerprint density at radius 2 is 2.24 bits per heavy atom. The van der Waals surface area contributed by atoms with Crippen LogP contribution in [0.15, 0.2) is 18.2 Å². The predicted octanol–water partition coefficient (Wildman–Crippen LogP) is 3.27. The molecule has 0 saturated heterocycles. The number of nitrogens with zero attached hydrogens (tertiary/aromatic N) is 1. The third kappa shape index (κ3) is 3.10. The van der Waals surface area contributed by atoms with Crippen LogP contribution in [-0.4, -0.2) is 29.3 Å². The van der Waals surface area contributed by atoms with Crippen molar-refractivity contribution in [2.75, 3.05) is 12.4 Å². The van der Waals surface area contributed by atoms with Crippen molar-refractivity contribution in [3.05, 3.63) is 33.1 Å². The zero-order valence-corrected chi connectivity index (χ0v) is 12.0. The van der Waals surface area contributed by atoms with E-state index in [0.717, 1.165) is 12.8 Å². The number of benzene rings is 1. The average molecular weight is 368 g/mol. The standard InChI is InChI=1S/C12H12ClFINO/c13-5-6-16(9-2-3-9)12(17)10-4-1-8(14)7-11(10)15/h1,4,7,9H,2-3,5-6H2. The topological polar surface area (TPSA) is 20.3 Å². The van der Waals surface area contributed by atoms with Gasteiger partial charge in [0.2, 0.25) is 0 Å². The van der Waals surface area contributed by atoms with Crippen LogP contribution in [0.25, 0.3) is 0 Å². The summed E-state index contributed by atoms with van der Waals surface area (Å²) in [7, 11) is 0. The summed E-state index contributed by atoms with van der Waals surface area (Å²) < 4.78 is 13.6. The largest absolute Gasteiger partial charge is 0.334 e. The molecule has 1 fully saturated rings. The summed E-state index contributed by atoms with van der Waals surface area (Å²) in [5, 5.41) is 0. The first kappa shape index (κ1) is 13.1. The van der Waals surface area contributed by atoms with Gasteiger partial charge in [-0.15, -0.1) is 11.6 Å². The summed E-state index contributed by atoms with van der Waals surface area (Å²) in [4.78, 5) is 14.1. The zero-order valence-electron chi connectivity index (χ0n) is 9.13. The summed E-state index contributed by atoms with van der Waals surface area (Å²) >= 11 is 7.70. The molecule has 17 heavy (non-hydrogen) atoms. The van der Waals surface area contributed by atoms with Gasteiger partial charge in [0, 0.05) is 22.0 Å². The third-order valence-electron chi connectivity index (χ3n) is 2.74. The van der Waals surface area contributed by atoms with Crippen molar-refractivity contribution in [3.63, 3.8) is 0 Å². The Hall–Kier alpha value is -0.360. The lowest BCUT2D eigenvalue weighted by Crippen LogP contribution is -2.35. The molecular formula is C12H12ClFINO. The van der Waals surface area contributed by atoms with Crippen LogP contribution < -0.4 is 0 Å². The molecule has 1 aliphatic rings. The normalized spacial score (nSPS) is 14.8. The summed E-state index contributed by atoms with van der Waals surface area (Å²) in [6.45, 7) is 0.554. The summed E-state index contributed by atoms with van der Waals surface area (Å²) in [5.41, 5.74) is 0.559. The van der Waals surface area contributed by atoms with Crippen LogP contribution in [0.3, 0.4) is 0 Å². The van der Waals surface area contributed by atoms with Gasteiger partial charge < -0.3 is 4.90 Å². The molecule has 2 rings (SSSR count). The quantitative estimate of drug-likeness (QED) is 0.591. The minimum absolute atomic E-state index is 0.0439. The van der Waals surface area contributed by atoms with Crippen molar-refractivity contribution < 1.29 is 9.18 Å². The summed E-state index contributed by atoms with van der Waals surface area (Å²) in [5.74, 6) is 0.0684. The minimum Gasteiger partial charge on any atom is -0.334 e. The van der Waals surface area contributed by atoms with Gasteiger partial charge in [-0.1, -0.05) is 0 Å². The molecule has 5 heteroatoms. The van der Waals surface area contributed by atoms with Crippen molar-refractivity contribution in [3.8, 4) is 0 Å². The fourth-order valence-electron chi connectivity index (χ4n) is 1.74. The number of halogens is 3. The molecular weight excluding hydrogens is 355 g/mol. The fourth-order valence-corrected chi connectivity index (χ4v) is 2.63. The van der Waals surface area contributed by atoms with Gasteiger partial charge in [0.05, 0.1) is 5.56 Å². The summed E-state index contributed by atoms with van der Waals surface area (Å²) in [6, 6.07) is 4.56. The number of amides is 1. The first-order valence-corrected chi connectivity index (χ1v) is 7.07. The highest BCUT2D eigenvalue weighted by Crippen LogP contribution is 2.29. The van der Waals surface area contributed by atoms with E-state index in [0.29, 0.717) is 27.6 Å². The van der Waals surface area contributed by atoms with Crippen LogP contribution >= 0.6 is 34.2 Å². The van der Waals surface area contributed by atoms with E-state index < -0.39 is 0 Å². The maximum absolute atomic E-state index is 13.0. The lowest BCUT2D eigenvalue weighted by molar-refractivity contribution is 0.0752. The second-order valence-corrected chi connectivity index (χ2v) is 5.58. The van der Waals surface area contributed by atoms with Gasteiger partial charge in [0.25, 0.3) is 5.91 Å².